The van der Waals surface area contributed by atoms with E-state index in [1.807, 2.05) is 39.8 Å². The minimum absolute atomic E-state index is 0.251. The summed E-state index contributed by atoms with van der Waals surface area (Å²) in [5, 5.41) is 10.6. The lowest BCUT2D eigenvalue weighted by Crippen LogP contribution is -2.43. The van der Waals surface area contributed by atoms with E-state index in [-0.39, 0.29) is 5.41 Å². The topological polar surface area (TPSA) is 75.1 Å². The van der Waals surface area contributed by atoms with Gasteiger partial charge in [-0.3, -0.25) is 9.88 Å². The van der Waals surface area contributed by atoms with Crippen LogP contribution in [-0.4, -0.2) is 59.8 Å². The number of benzene rings is 1. The van der Waals surface area contributed by atoms with E-state index in [1.165, 1.54) is 32.1 Å². The Hall–Kier alpha value is -2.64. The molecule has 1 N–H and O–H groups in total. The van der Waals surface area contributed by atoms with Gasteiger partial charge in [0.05, 0.1) is 24.1 Å². The second-order valence-corrected chi connectivity index (χ2v) is 14.7. The van der Waals surface area contributed by atoms with Gasteiger partial charge in [0.25, 0.3) is 0 Å². The Kier molecular flexibility index (Phi) is 8.66. The fourth-order valence-corrected chi connectivity index (χ4v) is 7.08. The quantitative estimate of drug-likeness (QED) is 0.350. The molecule has 3 fully saturated rings. The lowest BCUT2D eigenvalue weighted by molar-refractivity contribution is -0.160. The van der Waals surface area contributed by atoms with Crippen LogP contribution in [0.15, 0.2) is 24.3 Å². The van der Waals surface area contributed by atoms with Crippen LogP contribution in [0.3, 0.4) is 0 Å². The summed E-state index contributed by atoms with van der Waals surface area (Å²) in [6.07, 6.45) is 7.61. The second-order valence-electron chi connectivity index (χ2n) is 14.7. The van der Waals surface area contributed by atoms with Crippen LogP contribution in [0.1, 0.15) is 103 Å². The summed E-state index contributed by atoms with van der Waals surface area (Å²) in [7, 11) is 1.68. The van der Waals surface area contributed by atoms with Crippen LogP contribution in [0.4, 0.5) is 5.69 Å². The third-order valence-electron chi connectivity index (χ3n) is 9.95. The molecule has 0 radical (unpaired) electrons. The molecule has 42 heavy (non-hydrogen) atoms. The van der Waals surface area contributed by atoms with Gasteiger partial charge in [0.1, 0.15) is 5.75 Å². The Morgan fingerprint density at radius 1 is 1.00 bits per heavy atom. The highest BCUT2D eigenvalue weighted by molar-refractivity contribution is 5.88. The van der Waals surface area contributed by atoms with Gasteiger partial charge in [-0.2, -0.15) is 0 Å². The number of pyridine rings is 1. The van der Waals surface area contributed by atoms with Crippen molar-refractivity contribution in [2.75, 3.05) is 38.2 Å². The van der Waals surface area contributed by atoms with Gasteiger partial charge in [-0.1, -0.05) is 32.4 Å². The lowest BCUT2D eigenvalue weighted by Gasteiger charge is -2.48. The SMILES string of the molecule is COc1ccc(-c2c(CN3CCC4(CCC4)CC3)nc(C)c([C@H](OC(C)(C)C)C(=O)O)c2N2CCC(C)(C)CC2)cc1. The third-order valence-corrected chi connectivity index (χ3v) is 9.95. The number of carboxylic acid groups (broad SMARTS) is 1. The average molecular weight is 578 g/mol. The molecule has 2 aliphatic heterocycles. The highest BCUT2D eigenvalue weighted by Crippen LogP contribution is 2.50. The van der Waals surface area contributed by atoms with Crippen molar-refractivity contribution < 1.29 is 19.4 Å². The monoisotopic (exact) mass is 577 g/mol. The Labute approximate surface area is 252 Å². The van der Waals surface area contributed by atoms with Crippen molar-refractivity contribution in [3.05, 3.63) is 41.2 Å². The molecule has 1 aromatic carbocycles. The molecule has 2 saturated heterocycles. The van der Waals surface area contributed by atoms with E-state index < -0.39 is 17.7 Å². The van der Waals surface area contributed by atoms with Crippen LogP contribution in [0, 0.1) is 17.8 Å². The zero-order valence-corrected chi connectivity index (χ0v) is 26.9. The molecule has 2 aromatic rings. The first kappa shape index (κ1) is 30.8. The maximum absolute atomic E-state index is 12.9. The average Bonchev–Trinajstić information content (AvgIpc) is 2.91. The summed E-state index contributed by atoms with van der Waals surface area (Å²) in [6.45, 7) is 17.0. The number of piperidine rings is 2. The van der Waals surface area contributed by atoms with Gasteiger partial charge >= 0.3 is 5.97 Å². The molecule has 7 nitrogen and oxygen atoms in total. The molecule has 3 heterocycles. The Morgan fingerprint density at radius 3 is 2.12 bits per heavy atom. The first-order valence-corrected chi connectivity index (χ1v) is 15.9. The molecule has 1 atom stereocenters. The van der Waals surface area contributed by atoms with E-state index in [0.717, 1.165) is 79.5 Å². The fourth-order valence-electron chi connectivity index (χ4n) is 7.08. The van der Waals surface area contributed by atoms with Crippen molar-refractivity contribution in [2.24, 2.45) is 10.8 Å². The largest absolute Gasteiger partial charge is 0.497 e. The Bertz CT molecular complexity index is 1260. The second kappa shape index (κ2) is 11.8. The maximum Gasteiger partial charge on any atom is 0.337 e. The molecule has 1 saturated carbocycles. The summed E-state index contributed by atoms with van der Waals surface area (Å²) >= 11 is 0. The van der Waals surface area contributed by atoms with Crippen LogP contribution >= 0.6 is 0 Å². The number of ether oxygens (including phenoxy) is 2. The predicted molar refractivity (Wildman–Crippen MR) is 168 cm³/mol. The van der Waals surface area contributed by atoms with Crippen molar-refractivity contribution in [2.45, 2.75) is 105 Å². The van der Waals surface area contributed by atoms with Gasteiger partial charge in [-0.25, -0.2) is 4.79 Å². The molecule has 5 rings (SSSR count). The van der Waals surface area contributed by atoms with Gasteiger partial charge in [0.2, 0.25) is 0 Å². The number of hydrogen-bond donors (Lipinski definition) is 1. The van der Waals surface area contributed by atoms with E-state index in [0.29, 0.717) is 11.0 Å². The van der Waals surface area contributed by atoms with E-state index in [2.05, 4.69) is 35.8 Å². The van der Waals surface area contributed by atoms with E-state index in [9.17, 15) is 9.90 Å². The molecule has 0 unspecified atom stereocenters. The molecule has 230 valence electrons. The molecule has 1 spiro atoms. The number of hydrogen-bond acceptors (Lipinski definition) is 6. The number of aromatic nitrogens is 1. The maximum atomic E-state index is 12.9. The Morgan fingerprint density at radius 2 is 1.62 bits per heavy atom. The highest BCUT2D eigenvalue weighted by Gasteiger charge is 2.41. The van der Waals surface area contributed by atoms with Gasteiger partial charge < -0.3 is 19.5 Å². The van der Waals surface area contributed by atoms with E-state index in [4.69, 9.17) is 14.5 Å². The number of anilines is 1. The summed E-state index contributed by atoms with van der Waals surface area (Å²) in [5.74, 6) is -0.188. The van der Waals surface area contributed by atoms with Gasteiger partial charge in [0, 0.05) is 36.5 Å². The minimum atomic E-state index is -1.12. The van der Waals surface area contributed by atoms with Crippen molar-refractivity contribution in [3.63, 3.8) is 0 Å². The van der Waals surface area contributed by atoms with Crippen molar-refractivity contribution >= 4 is 11.7 Å². The van der Waals surface area contributed by atoms with Gasteiger partial charge in [0.15, 0.2) is 6.10 Å². The first-order chi connectivity index (χ1) is 19.8. The number of carbonyl (C=O) groups is 1. The summed E-state index contributed by atoms with van der Waals surface area (Å²) in [4.78, 5) is 23.1. The standard InChI is InChI=1S/C35H51N3O4/c1-24-28(31(32(39)40)42-33(2,3)4)30(38-21-15-34(5,6)16-22-38)29(25-9-11-26(41-7)12-10-25)27(36-24)23-37-19-17-35(18-20-37)13-8-14-35/h9-12,31H,8,13-23H2,1-7H3,(H,39,40)/t31-/m0/s1. The number of nitrogens with zero attached hydrogens (tertiary/aromatic N) is 3. The van der Waals surface area contributed by atoms with E-state index in [1.54, 1.807) is 7.11 Å². The van der Waals surface area contributed by atoms with Gasteiger partial charge in [-0.05, 0) is 108 Å². The lowest BCUT2D eigenvalue weighted by atomic mass is 9.63. The van der Waals surface area contributed by atoms with Crippen LogP contribution in [0.25, 0.3) is 11.1 Å². The van der Waals surface area contributed by atoms with Crippen LogP contribution < -0.4 is 9.64 Å². The Balaban J connectivity index is 1.67. The number of methoxy groups -OCH3 is 1. The molecule has 0 amide bonds. The number of aliphatic carboxylic acids is 1. The molecule has 1 aromatic heterocycles. The third kappa shape index (κ3) is 6.62. The zero-order chi connectivity index (χ0) is 30.3. The summed E-state index contributed by atoms with van der Waals surface area (Å²) in [5.41, 5.74) is 5.67. The molecular weight excluding hydrogens is 526 g/mol. The predicted octanol–water partition coefficient (Wildman–Crippen LogP) is 7.40. The molecule has 3 aliphatic rings. The molecular formula is C35H51N3O4. The molecule has 0 bridgehead atoms. The minimum Gasteiger partial charge on any atom is -0.497 e. The van der Waals surface area contributed by atoms with Crippen molar-refractivity contribution in [1.29, 1.82) is 0 Å². The number of likely N-dealkylation sites (tertiary alicyclic amines) is 1. The fraction of sp³-hybridized carbons (Fsp3) is 0.657. The summed E-state index contributed by atoms with van der Waals surface area (Å²) < 4.78 is 11.8. The molecule has 7 heteroatoms. The highest BCUT2D eigenvalue weighted by atomic mass is 16.5. The summed E-state index contributed by atoms with van der Waals surface area (Å²) in [6, 6.07) is 8.16. The number of aryl methyl sites for hydroxylation is 1. The van der Waals surface area contributed by atoms with Crippen LogP contribution in [0.2, 0.25) is 0 Å². The van der Waals surface area contributed by atoms with E-state index >= 15 is 0 Å². The molecule has 1 aliphatic carbocycles. The van der Waals surface area contributed by atoms with Gasteiger partial charge in [-0.15, -0.1) is 0 Å². The van der Waals surface area contributed by atoms with Crippen LogP contribution in [-0.2, 0) is 16.1 Å². The van der Waals surface area contributed by atoms with Crippen LogP contribution in [0.5, 0.6) is 5.75 Å². The normalized spacial score (nSPS) is 21.2. The smallest absolute Gasteiger partial charge is 0.337 e. The van der Waals surface area contributed by atoms with Crippen molar-refractivity contribution in [1.82, 2.24) is 9.88 Å². The zero-order valence-electron chi connectivity index (χ0n) is 26.9. The first-order valence-electron chi connectivity index (χ1n) is 15.9. The number of rotatable bonds is 8. The number of carboxylic acids is 1. The van der Waals surface area contributed by atoms with Crippen molar-refractivity contribution in [3.8, 4) is 16.9 Å².